The molecule has 0 bridgehead atoms. The van der Waals surface area contributed by atoms with Crippen LogP contribution >= 0.6 is 0 Å². The van der Waals surface area contributed by atoms with Crippen LogP contribution in [0.4, 0.5) is 0 Å². The molecule has 0 saturated heterocycles. The molecule has 0 amide bonds. The van der Waals surface area contributed by atoms with Crippen LogP contribution in [0.15, 0.2) is 36.8 Å². The molecule has 0 aliphatic carbocycles. The van der Waals surface area contributed by atoms with E-state index in [-0.39, 0.29) is 6.04 Å². The first-order chi connectivity index (χ1) is 9.26. The zero-order valence-corrected chi connectivity index (χ0v) is 11.6. The van der Waals surface area contributed by atoms with Gasteiger partial charge in [-0.25, -0.2) is 0 Å². The van der Waals surface area contributed by atoms with Crippen LogP contribution in [0.25, 0.3) is 0 Å². The summed E-state index contributed by atoms with van der Waals surface area (Å²) >= 11 is 0. The summed E-state index contributed by atoms with van der Waals surface area (Å²) in [5.74, 6) is 0.786. The van der Waals surface area contributed by atoms with Crippen molar-refractivity contribution < 1.29 is 4.74 Å². The van der Waals surface area contributed by atoms with Crippen molar-refractivity contribution >= 4 is 0 Å². The molecule has 2 aromatic rings. The number of pyridine rings is 2. The van der Waals surface area contributed by atoms with Gasteiger partial charge in [0.1, 0.15) is 5.75 Å². The molecule has 2 heterocycles. The number of rotatable bonds is 5. The van der Waals surface area contributed by atoms with Crippen molar-refractivity contribution in [3.8, 4) is 5.75 Å². The van der Waals surface area contributed by atoms with Crippen LogP contribution in [0, 0.1) is 6.92 Å². The first-order valence-corrected chi connectivity index (χ1v) is 6.40. The molecular weight excluding hydrogens is 238 g/mol. The lowest BCUT2D eigenvalue weighted by atomic mass is 10.00. The summed E-state index contributed by atoms with van der Waals surface area (Å²) in [6, 6.07) is 6.16. The molecule has 1 unspecified atom stereocenters. The van der Waals surface area contributed by atoms with E-state index >= 15 is 0 Å². The minimum absolute atomic E-state index is 0.0658. The normalized spacial score (nSPS) is 12.2. The molecule has 0 radical (unpaired) electrons. The van der Waals surface area contributed by atoms with E-state index in [1.807, 2.05) is 25.3 Å². The van der Waals surface area contributed by atoms with Gasteiger partial charge >= 0.3 is 0 Å². The molecule has 1 atom stereocenters. The summed E-state index contributed by atoms with van der Waals surface area (Å²) in [6.07, 6.45) is 5.42. The van der Waals surface area contributed by atoms with E-state index in [1.165, 1.54) is 0 Å². The number of ether oxygens (including phenoxy) is 1. The Balaban J connectivity index is 2.42. The van der Waals surface area contributed by atoms with Crippen LogP contribution < -0.4 is 10.1 Å². The van der Waals surface area contributed by atoms with Crippen LogP contribution in [-0.4, -0.2) is 23.6 Å². The highest BCUT2D eigenvalue weighted by Gasteiger charge is 2.17. The first kappa shape index (κ1) is 13.5. The number of methoxy groups -OCH3 is 1. The number of aromatic nitrogens is 2. The number of hydrogen-bond acceptors (Lipinski definition) is 4. The van der Waals surface area contributed by atoms with Crippen molar-refractivity contribution in [1.82, 2.24) is 15.3 Å². The molecule has 2 rings (SSSR count). The van der Waals surface area contributed by atoms with E-state index in [2.05, 4.69) is 28.3 Å². The second-order valence-electron chi connectivity index (χ2n) is 4.34. The van der Waals surface area contributed by atoms with Crippen LogP contribution in [0.1, 0.15) is 29.8 Å². The molecule has 0 saturated carbocycles. The second kappa shape index (κ2) is 6.29. The topological polar surface area (TPSA) is 47.0 Å². The van der Waals surface area contributed by atoms with E-state index in [1.54, 1.807) is 19.5 Å². The highest BCUT2D eigenvalue weighted by atomic mass is 16.5. The molecule has 100 valence electrons. The van der Waals surface area contributed by atoms with Gasteiger partial charge in [-0.3, -0.25) is 9.97 Å². The molecule has 19 heavy (non-hydrogen) atoms. The molecule has 1 N–H and O–H groups in total. The Morgan fingerprint density at radius 2 is 2.11 bits per heavy atom. The van der Waals surface area contributed by atoms with Gasteiger partial charge in [-0.05, 0) is 31.2 Å². The smallest absolute Gasteiger partial charge is 0.142 e. The van der Waals surface area contributed by atoms with E-state index in [0.717, 1.165) is 29.1 Å². The predicted molar refractivity (Wildman–Crippen MR) is 75.3 cm³/mol. The highest BCUT2D eigenvalue weighted by molar-refractivity contribution is 5.39. The number of aryl methyl sites for hydroxylation is 1. The highest BCUT2D eigenvalue weighted by Crippen LogP contribution is 2.28. The van der Waals surface area contributed by atoms with Gasteiger partial charge in [0.25, 0.3) is 0 Å². The largest absolute Gasteiger partial charge is 0.495 e. The quantitative estimate of drug-likeness (QED) is 0.894. The van der Waals surface area contributed by atoms with Gasteiger partial charge < -0.3 is 10.1 Å². The SMILES string of the molecule is CCNC(c1ccc(C)nc1)c1ccncc1OC. The van der Waals surface area contributed by atoms with Crippen molar-refractivity contribution in [2.24, 2.45) is 0 Å². The van der Waals surface area contributed by atoms with Gasteiger partial charge in [-0.15, -0.1) is 0 Å². The molecule has 0 aromatic carbocycles. The number of nitrogens with zero attached hydrogens (tertiary/aromatic N) is 2. The minimum Gasteiger partial charge on any atom is -0.495 e. The van der Waals surface area contributed by atoms with Crippen molar-refractivity contribution in [2.45, 2.75) is 19.9 Å². The molecule has 0 spiro atoms. The van der Waals surface area contributed by atoms with E-state index < -0.39 is 0 Å². The molecule has 0 aliphatic heterocycles. The molecular formula is C15H19N3O. The average molecular weight is 257 g/mol. The van der Waals surface area contributed by atoms with E-state index in [4.69, 9.17) is 4.74 Å². The summed E-state index contributed by atoms with van der Waals surface area (Å²) < 4.78 is 5.39. The Bertz CT molecular complexity index is 525. The lowest BCUT2D eigenvalue weighted by Crippen LogP contribution is -2.22. The fourth-order valence-electron chi connectivity index (χ4n) is 2.06. The first-order valence-electron chi connectivity index (χ1n) is 6.40. The van der Waals surface area contributed by atoms with Crippen LogP contribution in [0.2, 0.25) is 0 Å². The Morgan fingerprint density at radius 1 is 1.26 bits per heavy atom. The van der Waals surface area contributed by atoms with Crippen molar-refractivity contribution in [1.29, 1.82) is 0 Å². The van der Waals surface area contributed by atoms with Crippen LogP contribution in [0.5, 0.6) is 5.75 Å². The van der Waals surface area contributed by atoms with Crippen molar-refractivity contribution in [3.05, 3.63) is 53.6 Å². The summed E-state index contributed by atoms with van der Waals surface area (Å²) in [5.41, 5.74) is 3.21. The Hall–Kier alpha value is -1.94. The molecule has 0 fully saturated rings. The Morgan fingerprint density at radius 3 is 2.74 bits per heavy atom. The fraction of sp³-hybridized carbons (Fsp3) is 0.333. The minimum atomic E-state index is 0.0658. The monoisotopic (exact) mass is 257 g/mol. The van der Waals surface area contributed by atoms with Gasteiger partial charge in [-0.1, -0.05) is 13.0 Å². The lowest BCUT2D eigenvalue weighted by Gasteiger charge is -2.20. The van der Waals surface area contributed by atoms with Gasteiger partial charge in [0.05, 0.1) is 19.3 Å². The zero-order valence-electron chi connectivity index (χ0n) is 11.6. The van der Waals surface area contributed by atoms with Gasteiger partial charge in [0, 0.05) is 23.7 Å². The molecule has 4 nitrogen and oxygen atoms in total. The third kappa shape index (κ3) is 3.09. The summed E-state index contributed by atoms with van der Waals surface area (Å²) in [4.78, 5) is 8.46. The lowest BCUT2D eigenvalue weighted by molar-refractivity contribution is 0.402. The maximum Gasteiger partial charge on any atom is 0.142 e. The van der Waals surface area contributed by atoms with Gasteiger partial charge in [0.2, 0.25) is 0 Å². The van der Waals surface area contributed by atoms with E-state index in [9.17, 15) is 0 Å². The summed E-state index contributed by atoms with van der Waals surface area (Å²) in [5, 5.41) is 3.46. The fourth-order valence-corrected chi connectivity index (χ4v) is 2.06. The third-order valence-corrected chi connectivity index (χ3v) is 3.02. The van der Waals surface area contributed by atoms with Gasteiger partial charge in [-0.2, -0.15) is 0 Å². The summed E-state index contributed by atoms with van der Waals surface area (Å²) in [7, 11) is 1.66. The van der Waals surface area contributed by atoms with Crippen LogP contribution in [0.3, 0.4) is 0 Å². The Kier molecular flexibility index (Phi) is 4.47. The molecule has 4 heteroatoms. The standard InChI is InChI=1S/C15H19N3O/c1-4-17-15(12-6-5-11(2)18-9-12)13-7-8-16-10-14(13)19-3/h5-10,15,17H,4H2,1-3H3. The molecule has 2 aromatic heterocycles. The van der Waals surface area contributed by atoms with E-state index in [0.29, 0.717) is 0 Å². The second-order valence-corrected chi connectivity index (χ2v) is 4.34. The number of hydrogen-bond donors (Lipinski definition) is 1. The summed E-state index contributed by atoms with van der Waals surface area (Å²) in [6.45, 7) is 4.94. The maximum absolute atomic E-state index is 5.39. The Labute approximate surface area is 113 Å². The zero-order chi connectivity index (χ0) is 13.7. The average Bonchev–Trinajstić information content (AvgIpc) is 2.46. The van der Waals surface area contributed by atoms with Crippen LogP contribution in [-0.2, 0) is 0 Å². The number of nitrogens with one attached hydrogen (secondary N) is 1. The van der Waals surface area contributed by atoms with Gasteiger partial charge in [0.15, 0.2) is 0 Å². The van der Waals surface area contributed by atoms with Crippen molar-refractivity contribution in [2.75, 3.05) is 13.7 Å². The molecule has 0 aliphatic rings. The third-order valence-electron chi connectivity index (χ3n) is 3.02. The van der Waals surface area contributed by atoms with Crippen molar-refractivity contribution in [3.63, 3.8) is 0 Å². The predicted octanol–water partition coefficient (Wildman–Crippen LogP) is 2.49. The maximum atomic E-state index is 5.39.